The van der Waals surface area contributed by atoms with E-state index in [-0.39, 0.29) is 12.5 Å². The number of nitrogens with one attached hydrogen (secondary N) is 3. The van der Waals surface area contributed by atoms with Crippen LogP contribution in [0.25, 0.3) is 0 Å². The Labute approximate surface area is 179 Å². The standard InChI is InChI=1S/C23H21N3O5/c1-30-19-9-5-6-10-20(19)31-15-21(27)25-26-23(29)17-11-13-18(14-12-17)24-22(28)16-7-3-2-4-8-16/h2-14H,15H2,1H3,(H,24,28)(H,25,27)(H,26,29). The summed E-state index contributed by atoms with van der Waals surface area (Å²) in [5.41, 5.74) is 5.98. The van der Waals surface area contributed by atoms with E-state index in [1.165, 1.54) is 19.2 Å². The van der Waals surface area contributed by atoms with Gasteiger partial charge in [-0.05, 0) is 48.5 Å². The largest absolute Gasteiger partial charge is 0.493 e. The van der Waals surface area contributed by atoms with Crippen LogP contribution in [0.3, 0.4) is 0 Å². The van der Waals surface area contributed by atoms with Crippen molar-refractivity contribution in [2.75, 3.05) is 19.0 Å². The highest BCUT2D eigenvalue weighted by molar-refractivity contribution is 6.04. The van der Waals surface area contributed by atoms with Gasteiger partial charge in [0.15, 0.2) is 18.1 Å². The molecule has 0 fully saturated rings. The van der Waals surface area contributed by atoms with Crippen molar-refractivity contribution in [2.45, 2.75) is 0 Å². The third-order valence-electron chi connectivity index (χ3n) is 4.18. The van der Waals surface area contributed by atoms with E-state index in [2.05, 4.69) is 16.2 Å². The van der Waals surface area contributed by atoms with Gasteiger partial charge in [-0.25, -0.2) is 0 Å². The van der Waals surface area contributed by atoms with Crippen LogP contribution in [0.2, 0.25) is 0 Å². The summed E-state index contributed by atoms with van der Waals surface area (Å²) in [4.78, 5) is 36.3. The van der Waals surface area contributed by atoms with Crippen LogP contribution in [-0.2, 0) is 4.79 Å². The Morgan fingerprint density at radius 1 is 0.710 bits per heavy atom. The molecule has 0 saturated carbocycles. The lowest BCUT2D eigenvalue weighted by molar-refractivity contribution is -0.123. The predicted octanol–water partition coefficient (Wildman–Crippen LogP) is 2.79. The van der Waals surface area contributed by atoms with Gasteiger partial charge in [0.05, 0.1) is 7.11 Å². The molecule has 3 aromatic carbocycles. The molecule has 0 bridgehead atoms. The average molecular weight is 419 g/mol. The Morgan fingerprint density at radius 2 is 1.32 bits per heavy atom. The highest BCUT2D eigenvalue weighted by Gasteiger charge is 2.10. The van der Waals surface area contributed by atoms with Crippen LogP contribution in [0.4, 0.5) is 5.69 Å². The van der Waals surface area contributed by atoms with E-state index in [0.29, 0.717) is 28.3 Å². The summed E-state index contributed by atoms with van der Waals surface area (Å²) < 4.78 is 10.5. The summed E-state index contributed by atoms with van der Waals surface area (Å²) in [6.07, 6.45) is 0. The summed E-state index contributed by atoms with van der Waals surface area (Å²) >= 11 is 0. The van der Waals surface area contributed by atoms with Crippen LogP contribution in [0.5, 0.6) is 11.5 Å². The lowest BCUT2D eigenvalue weighted by Gasteiger charge is -2.11. The predicted molar refractivity (Wildman–Crippen MR) is 115 cm³/mol. The quantitative estimate of drug-likeness (QED) is 0.511. The number of methoxy groups -OCH3 is 1. The summed E-state index contributed by atoms with van der Waals surface area (Å²) in [5, 5.41) is 2.75. The molecular weight excluding hydrogens is 398 g/mol. The zero-order valence-electron chi connectivity index (χ0n) is 16.8. The molecule has 8 heteroatoms. The average Bonchev–Trinajstić information content (AvgIpc) is 2.82. The summed E-state index contributed by atoms with van der Waals surface area (Å²) in [6, 6.07) is 22.0. The van der Waals surface area contributed by atoms with Gasteiger partial charge in [0.25, 0.3) is 17.7 Å². The molecule has 31 heavy (non-hydrogen) atoms. The zero-order valence-corrected chi connectivity index (χ0v) is 16.8. The molecule has 158 valence electrons. The van der Waals surface area contributed by atoms with E-state index in [1.54, 1.807) is 60.7 Å². The normalized spacial score (nSPS) is 9.97. The Morgan fingerprint density at radius 3 is 2.00 bits per heavy atom. The number of amides is 3. The maximum absolute atomic E-state index is 12.2. The SMILES string of the molecule is COc1ccccc1OCC(=O)NNC(=O)c1ccc(NC(=O)c2ccccc2)cc1. The topological polar surface area (TPSA) is 106 Å². The van der Waals surface area contributed by atoms with Crippen molar-refractivity contribution in [3.05, 3.63) is 90.0 Å². The molecule has 3 rings (SSSR count). The van der Waals surface area contributed by atoms with Gasteiger partial charge in [-0.1, -0.05) is 30.3 Å². The number of carbonyl (C=O) groups is 3. The van der Waals surface area contributed by atoms with Gasteiger partial charge < -0.3 is 14.8 Å². The fourth-order valence-electron chi connectivity index (χ4n) is 2.61. The van der Waals surface area contributed by atoms with Crippen LogP contribution < -0.4 is 25.6 Å². The van der Waals surface area contributed by atoms with Crippen LogP contribution in [-0.4, -0.2) is 31.4 Å². The number of benzene rings is 3. The molecule has 3 aromatic rings. The van der Waals surface area contributed by atoms with Gasteiger partial charge in [-0.3, -0.25) is 25.2 Å². The second-order valence-corrected chi connectivity index (χ2v) is 6.34. The number of anilines is 1. The van der Waals surface area contributed by atoms with E-state index < -0.39 is 11.8 Å². The fraction of sp³-hybridized carbons (Fsp3) is 0.0870. The molecule has 0 spiro atoms. The van der Waals surface area contributed by atoms with Crippen molar-refractivity contribution in [3.8, 4) is 11.5 Å². The minimum Gasteiger partial charge on any atom is -0.493 e. The van der Waals surface area contributed by atoms with Crippen molar-refractivity contribution < 1.29 is 23.9 Å². The van der Waals surface area contributed by atoms with Crippen molar-refractivity contribution >= 4 is 23.4 Å². The Kier molecular flexibility index (Phi) is 7.21. The lowest BCUT2D eigenvalue weighted by Crippen LogP contribution is -2.43. The number of carbonyl (C=O) groups excluding carboxylic acids is 3. The Hall–Kier alpha value is -4.33. The first-order valence-electron chi connectivity index (χ1n) is 9.38. The number of para-hydroxylation sites is 2. The van der Waals surface area contributed by atoms with Crippen LogP contribution in [0, 0.1) is 0 Å². The van der Waals surface area contributed by atoms with Crippen molar-refractivity contribution in [1.29, 1.82) is 0 Å². The van der Waals surface area contributed by atoms with Crippen molar-refractivity contribution in [2.24, 2.45) is 0 Å². The third kappa shape index (κ3) is 6.07. The van der Waals surface area contributed by atoms with Gasteiger partial charge >= 0.3 is 0 Å². The molecule has 0 heterocycles. The first-order chi connectivity index (χ1) is 15.1. The molecule has 0 aromatic heterocycles. The Balaban J connectivity index is 1.47. The van der Waals surface area contributed by atoms with E-state index in [1.807, 2.05) is 6.07 Å². The monoisotopic (exact) mass is 419 g/mol. The minimum absolute atomic E-state index is 0.250. The van der Waals surface area contributed by atoms with Gasteiger partial charge in [0.2, 0.25) is 0 Å². The molecule has 0 unspecified atom stereocenters. The van der Waals surface area contributed by atoms with Crippen LogP contribution in [0.1, 0.15) is 20.7 Å². The molecule has 3 N–H and O–H groups in total. The number of ether oxygens (including phenoxy) is 2. The van der Waals surface area contributed by atoms with E-state index in [9.17, 15) is 14.4 Å². The fourth-order valence-corrected chi connectivity index (χ4v) is 2.61. The van der Waals surface area contributed by atoms with E-state index in [4.69, 9.17) is 9.47 Å². The first kappa shape index (κ1) is 21.4. The van der Waals surface area contributed by atoms with Gasteiger partial charge in [0.1, 0.15) is 0 Å². The maximum Gasteiger partial charge on any atom is 0.276 e. The number of hydrazine groups is 1. The number of hydrogen-bond donors (Lipinski definition) is 3. The molecule has 0 aliphatic heterocycles. The highest BCUT2D eigenvalue weighted by atomic mass is 16.5. The molecule has 0 aliphatic carbocycles. The minimum atomic E-state index is -0.536. The van der Waals surface area contributed by atoms with E-state index >= 15 is 0 Å². The van der Waals surface area contributed by atoms with Gasteiger partial charge in [-0.15, -0.1) is 0 Å². The van der Waals surface area contributed by atoms with E-state index in [0.717, 1.165) is 0 Å². The molecular formula is C23H21N3O5. The zero-order chi connectivity index (χ0) is 22.1. The molecule has 8 nitrogen and oxygen atoms in total. The molecule has 0 saturated heterocycles. The summed E-state index contributed by atoms with van der Waals surface area (Å²) in [7, 11) is 1.50. The molecule has 0 radical (unpaired) electrons. The lowest BCUT2D eigenvalue weighted by atomic mass is 10.1. The molecule has 3 amide bonds. The smallest absolute Gasteiger partial charge is 0.276 e. The summed E-state index contributed by atoms with van der Waals surface area (Å²) in [6.45, 7) is -0.300. The third-order valence-corrected chi connectivity index (χ3v) is 4.18. The van der Waals surface area contributed by atoms with Crippen LogP contribution in [0.15, 0.2) is 78.9 Å². The van der Waals surface area contributed by atoms with Gasteiger partial charge in [0, 0.05) is 16.8 Å². The van der Waals surface area contributed by atoms with Crippen LogP contribution >= 0.6 is 0 Å². The number of hydrogen-bond acceptors (Lipinski definition) is 5. The highest BCUT2D eigenvalue weighted by Crippen LogP contribution is 2.25. The second kappa shape index (κ2) is 10.4. The second-order valence-electron chi connectivity index (χ2n) is 6.34. The maximum atomic E-state index is 12.2. The first-order valence-corrected chi connectivity index (χ1v) is 9.38. The summed E-state index contributed by atoms with van der Waals surface area (Å²) in [5.74, 6) is -0.379. The van der Waals surface area contributed by atoms with Crippen molar-refractivity contribution in [1.82, 2.24) is 10.9 Å². The van der Waals surface area contributed by atoms with Gasteiger partial charge in [-0.2, -0.15) is 0 Å². The molecule has 0 aliphatic rings. The molecule has 0 atom stereocenters. The van der Waals surface area contributed by atoms with Crippen molar-refractivity contribution in [3.63, 3.8) is 0 Å². The number of rotatable bonds is 7. The Bertz CT molecular complexity index is 1050.